The molecular formula is C12H15NO2. The van der Waals surface area contributed by atoms with Gasteiger partial charge in [0, 0.05) is 0 Å². The zero-order chi connectivity index (χ0) is 11.5. The number of nitriles is 1. The largest absolute Gasteiger partial charge is 0.497 e. The molecule has 3 heteroatoms. The van der Waals surface area contributed by atoms with Gasteiger partial charge in [-0.15, -0.1) is 0 Å². The van der Waals surface area contributed by atoms with Crippen LogP contribution >= 0.6 is 0 Å². The maximum Gasteiger partial charge on any atom is 0.118 e. The highest BCUT2D eigenvalue weighted by Crippen LogP contribution is 2.29. The molecule has 0 heterocycles. The quantitative estimate of drug-likeness (QED) is 0.821. The molecule has 0 spiro atoms. The van der Waals surface area contributed by atoms with Crippen molar-refractivity contribution < 1.29 is 9.84 Å². The summed E-state index contributed by atoms with van der Waals surface area (Å²) in [6.45, 7) is 3.34. The normalized spacial score (nSPS) is 16.2. The molecule has 1 N–H and O–H groups in total. The molecule has 1 aromatic rings. The van der Waals surface area contributed by atoms with Gasteiger partial charge in [0.25, 0.3) is 0 Å². The summed E-state index contributed by atoms with van der Waals surface area (Å²) in [4.78, 5) is 0. The van der Waals surface area contributed by atoms with Gasteiger partial charge >= 0.3 is 0 Å². The van der Waals surface area contributed by atoms with Crippen LogP contribution in [0, 0.1) is 17.2 Å². The molecule has 1 rings (SSSR count). The summed E-state index contributed by atoms with van der Waals surface area (Å²) in [5, 5.41) is 19.0. The molecule has 0 radical (unpaired) electrons. The van der Waals surface area contributed by atoms with Gasteiger partial charge in [-0.25, -0.2) is 0 Å². The van der Waals surface area contributed by atoms with E-state index >= 15 is 0 Å². The summed E-state index contributed by atoms with van der Waals surface area (Å²) < 4.78 is 5.02. The number of methoxy groups -OCH3 is 1. The first-order valence-electron chi connectivity index (χ1n) is 4.79. The van der Waals surface area contributed by atoms with E-state index in [1.165, 1.54) is 0 Å². The van der Waals surface area contributed by atoms with E-state index in [0.717, 1.165) is 11.3 Å². The van der Waals surface area contributed by atoms with Crippen LogP contribution in [0.2, 0.25) is 0 Å². The topological polar surface area (TPSA) is 53.2 Å². The second kappa shape index (κ2) is 4.33. The smallest absolute Gasteiger partial charge is 0.118 e. The van der Waals surface area contributed by atoms with E-state index in [-0.39, 0.29) is 0 Å². The minimum absolute atomic E-state index is 0.453. The summed E-state index contributed by atoms with van der Waals surface area (Å²) in [6.07, 6.45) is 0. The maximum atomic E-state index is 10.2. The SMILES string of the molecule is COc1ccc(C(C)(O)C(C)C#N)cc1. The molecule has 80 valence electrons. The Morgan fingerprint density at radius 2 is 1.93 bits per heavy atom. The predicted octanol–water partition coefficient (Wildman–Crippen LogP) is 2.06. The molecule has 2 unspecified atom stereocenters. The van der Waals surface area contributed by atoms with Gasteiger partial charge < -0.3 is 9.84 Å². The average molecular weight is 205 g/mol. The van der Waals surface area contributed by atoms with Gasteiger partial charge in [-0.3, -0.25) is 0 Å². The van der Waals surface area contributed by atoms with Crippen molar-refractivity contribution in [1.29, 1.82) is 5.26 Å². The summed E-state index contributed by atoms with van der Waals surface area (Å²) in [7, 11) is 1.59. The van der Waals surface area contributed by atoms with Crippen LogP contribution in [0.3, 0.4) is 0 Å². The van der Waals surface area contributed by atoms with Crippen LogP contribution in [0.15, 0.2) is 24.3 Å². The lowest BCUT2D eigenvalue weighted by atomic mass is 9.85. The first kappa shape index (κ1) is 11.5. The fourth-order valence-corrected chi connectivity index (χ4v) is 1.30. The van der Waals surface area contributed by atoms with Gasteiger partial charge in [-0.1, -0.05) is 12.1 Å². The van der Waals surface area contributed by atoms with Gasteiger partial charge in [0.15, 0.2) is 0 Å². The number of hydrogen-bond donors (Lipinski definition) is 1. The van der Waals surface area contributed by atoms with Crippen molar-refractivity contribution in [2.24, 2.45) is 5.92 Å². The molecule has 15 heavy (non-hydrogen) atoms. The van der Waals surface area contributed by atoms with E-state index in [9.17, 15) is 5.11 Å². The number of benzene rings is 1. The molecule has 0 fully saturated rings. The summed E-state index contributed by atoms with van der Waals surface area (Å²) in [5.74, 6) is 0.282. The van der Waals surface area contributed by atoms with Crippen molar-refractivity contribution in [3.63, 3.8) is 0 Å². The standard InChI is InChI=1S/C12H15NO2/c1-9(8-13)12(2,14)10-4-6-11(15-3)7-5-10/h4-7,9,14H,1-3H3. The maximum absolute atomic E-state index is 10.2. The zero-order valence-electron chi connectivity index (χ0n) is 9.19. The molecule has 0 saturated carbocycles. The molecule has 3 nitrogen and oxygen atoms in total. The van der Waals surface area contributed by atoms with Crippen molar-refractivity contribution >= 4 is 0 Å². The Labute approximate surface area is 89.9 Å². The number of rotatable bonds is 3. The molecule has 0 bridgehead atoms. The fourth-order valence-electron chi connectivity index (χ4n) is 1.30. The van der Waals surface area contributed by atoms with Crippen LogP contribution in [-0.2, 0) is 5.60 Å². The first-order valence-corrected chi connectivity index (χ1v) is 4.79. The van der Waals surface area contributed by atoms with Gasteiger partial charge in [0.2, 0.25) is 0 Å². The van der Waals surface area contributed by atoms with Crippen LogP contribution in [-0.4, -0.2) is 12.2 Å². The molecular weight excluding hydrogens is 190 g/mol. The highest BCUT2D eigenvalue weighted by molar-refractivity contribution is 5.31. The molecule has 2 atom stereocenters. The molecule has 0 saturated heterocycles. The Bertz CT molecular complexity index is 362. The average Bonchev–Trinajstić information content (AvgIpc) is 2.28. The van der Waals surface area contributed by atoms with Crippen LogP contribution in [0.25, 0.3) is 0 Å². The van der Waals surface area contributed by atoms with E-state index in [4.69, 9.17) is 10.00 Å². The Balaban J connectivity index is 3.01. The Hall–Kier alpha value is -1.53. The Morgan fingerprint density at radius 3 is 2.33 bits per heavy atom. The lowest BCUT2D eigenvalue weighted by Crippen LogP contribution is -2.28. The molecule has 0 aromatic heterocycles. The molecule has 0 aliphatic rings. The van der Waals surface area contributed by atoms with Crippen molar-refractivity contribution in [1.82, 2.24) is 0 Å². The van der Waals surface area contributed by atoms with Crippen molar-refractivity contribution in [2.75, 3.05) is 7.11 Å². The molecule has 0 aliphatic carbocycles. The van der Waals surface area contributed by atoms with Crippen molar-refractivity contribution in [3.05, 3.63) is 29.8 Å². The second-order valence-corrected chi connectivity index (χ2v) is 3.73. The van der Waals surface area contributed by atoms with E-state index in [1.807, 2.05) is 0 Å². The van der Waals surface area contributed by atoms with E-state index in [0.29, 0.717) is 0 Å². The third-order valence-corrected chi connectivity index (χ3v) is 2.71. The highest BCUT2D eigenvalue weighted by Gasteiger charge is 2.30. The Kier molecular flexibility index (Phi) is 3.33. The molecule has 0 amide bonds. The van der Waals surface area contributed by atoms with E-state index in [2.05, 4.69) is 6.07 Å². The minimum Gasteiger partial charge on any atom is -0.497 e. The molecule has 0 aliphatic heterocycles. The van der Waals surface area contributed by atoms with Gasteiger partial charge in [0.1, 0.15) is 11.4 Å². The van der Waals surface area contributed by atoms with E-state index < -0.39 is 11.5 Å². The number of ether oxygens (including phenoxy) is 1. The van der Waals surface area contributed by atoms with Crippen LogP contribution in [0.1, 0.15) is 19.4 Å². The fraction of sp³-hybridized carbons (Fsp3) is 0.417. The number of nitrogens with zero attached hydrogens (tertiary/aromatic N) is 1. The monoisotopic (exact) mass is 205 g/mol. The first-order chi connectivity index (χ1) is 7.02. The third kappa shape index (κ3) is 2.28. The Morgan fingerprint density at radius 1 is 1.40 bits per heavy atom. The van der Waals surface area contributed by atoms with Crippen LogP contribution in [0.5, 0.6) is 5.75 Å². The zero-order valence-corrected chi connectivity index (χ0v) is 9.19. The summed E-state index contributed by atoms with van der Waals surface area (Å²) in [5.41, 5.74) is -0.404. The lowest BCUT2D eigenvalue weighted by molar-refractivity contribution is 0.0232. The van der Waals surface area contributed by atoms with Crippen LogP contribution < -0.4 is 4.74 Å². The summed E-state index contributed by atoms with van der Waals surface area (Å²) in [6, 6.07) is 9.14. The highest BCUT2D eigenvalue weighted by atomic mass is 16.5. The predicted molar refractivity (Wildman–Crippen MR) is 57.3 cm³/mol. The van der Waals surface area contributed by atoms with Crippen LogP contribution in [0.4, 0.5) is 0 Å². The number of hydrogen-bond acceptors (Lipinski definition) is 3. The minimum atomic E-state index is -1.12. The second-order valence-electron chi connectivity index (χ2n) is 3.73. The number of aliphatic hydroxyl groups is 1. The van der Waals surface area contributed by atoms with Gasteiger partial charge in [-0.05, 0) is 31.5 Å². The lowest BCUT2D eigenvalue weighted by Gasteiger charge is -2.26. The molecule has 1 aromatic carbocycles. The van der Waals surface area contributed by atoms with Gasteiger partial charge in [-0.2, -0.15) is 5.26 Å². The van der Waals surface area contributed by atoms with E-state index in [1.54, 1.807) is 45.2 Å². The summed E-state index contributed by atoms with van der Waals surface area (Å²) >= 11 is 0. The van der Waals surface area contributed by atoms with Crippen molar-refractivity contribution in [3.8, 4) is 11.8 Å². The van der Waals surface area contributed by atoms with Crippen molar-refractivity contribution in [2.45, 2.75) is 19.4 Å². The third-order valence-electron chi connectivity index (χ3n) is 2.71. The van der Waals surface area contributed by atoms with Gasteiger partial charge in [0.05, 0.1) is 19.1 Å².